The number of carbonyl (C=O) groups excluding carboxylic acids is 1. The van der Waals surface area contributed by atoms with E-state index in [9.17, 15) is 13.2 Å². The number of hydrogen-bond donors (Lipinski definition) is 1. The largest absolute Gasteiger partial charge is 0.370 e. The standard InChI is InChI=1S/C15H16N2O3S/c16-15(18)11-12-17(13-7-3-1-4-8-13)21(19,20)14-9-5-2-6-10-14/h1-10H,11-12H2,(H2,16,18). The predicted octanol–water partition coefficient (Wildman–Crippen LogP) is 1.76. The first-order valence-electron chi connectivity index (χ1n) is 6.43. The summed E-state index contributed by atoms with van der Waals surface area (Å²) in [5.74, 6) is -0.542. The molecule has 0 aliphatic carbocycles. The summed E-state index contributed by atoms with van der Waals surface area (Å²) in [7, 11) is -3.72. The minimum atomic E-state index is -3.72. The zero-order valence-corrected chi connectivity index (χ0v) is 12.2. The molecule has 0 heterocycles. The minimum Gasteiger partial charge on any atom is -0.370 e. The van der Waals surface area contributed by atoms with E-state index in [1.54, 1.807) is 48.5 Å². The number of sulfonamides is 1. The van der Waals surface area contributed by atoms with E-state index in [0.29, 0.717) is 5.69 Å². The predicted molar refractivity (Wildman–Crippen MR) is 81.2 cm³/mol. The average molecular weight is 304 g/mol. The van der Waals surface area contributed by atoms with E-state index in [0.717, 1.165) is 0 Å². The highest BCUT2D eigenvalue weighted by Crippen LogP contribution is 2.23. The van der Waals surface area contributed by atoms with E-state index >= 15 is 0 Å². The number of carbonyl (C=O) groups is 1. The van der Waals surface area contributed by atoms with Crippen LogP contribution >= 0.6 is 0 Å². The van der Waals surface area contributed by atoms with Crippen molar-refractivity contribution in [3.8, 4) is 0 Å². The molecule has 2 aromatic rings. The number of amides is 1. The number of rotatable bonds is 6. The lowest BCUT2D eigenvalue weighted by Crippen LogP contribution is -2.34. The van der Waals surface area contributed by atoms with E-state index in [-0.39, 0.29) is 17.9 Å². The molecule has 0 aromatic heterocycles. The van der Waals surface area contributed by atoms with Crippen LogP contribution in [0.4, 0.5) is 5.69 Å². The molecule has 110 valence electrons. The summed E-state index contributed by atoms with van der Waals surface area (Å²) in [6.45, 7) is 0.0105. The molecular formula is C15H16N2O3S. The first kappa shape index (κ1) is 15.1. The Morgan fingerprint density at radius 2 is 1.48 bits per heavy atom. The third-order valence-electron chi connectivity index (χ3n) is 2.94. The van der Waals surface area contributed by atoms with Gasteiger partial charge in [0.25, 0.3) is 10.0 Å². The van der Waals surface area contributed by atoms with E-state index in [1.165, 1.54) is 16.4 Å². The lowest BCUT2D eigenvalue weighted by atomic mass is 10.3. The summed E-state index contributed by atoms with van der Waals surface area (Å²) < 4.78 is 26.6. The number of nitrogens with zero attached hydrogens (tertiary/aromatic N) is 1. The van der Waals surface area contributed by atoms with Gasteiger partial charge in [-0.2, -0.15) is 0 Å². The molecule has 0 bridgehead atoms. The second kappa shape index (κ2) is 6.41. The molecule has 0 atom stereocenters. The molecule has 0 aliphatic heterocycles. The van der Waals surface area contributed by atoms with Crippen molar-refractivity contribution in [1.82, 2.24) is 0 Å². The van der Waals surface area contributed by atoms with Crippen molar-refractivity contribution in [2.24, 2.45) is 5.73 Å². The maximum absolute atomic E-state index is 12.7. The zero-order chi connectivity index (χ0) is 15.3. The Morgan fingerprint density at radius 1 is 0.952 bits per heavy atom. The van der Waals surface area contributed by atoms with Crippen molar-refractivity contribution in [2.45, 2.75) is 11.3 Å². The molecule has 2 rings (SSSR count). The first-order valence-corrected chi connectivity index (χ1v) is 7.87. The summed E-state index contributed by atoms with van der Waals surface area (Å²) >= 11 is 0. The molecule has 0 saturated carbocycles. The van der Waals surface area contributed by atoms with Gasteiger partial charge < -0.3 is 5.73 Å². The Balaban J connectivity index is 2.42. The van der Waals surface area contributed by atoms with Crippen LogP contribution in [0.1, 0.15) is 6.42 Å². The van der Waals surface area contributed by atoms with Crippen molar-refractivity contribution in [1.29, 1.82) is 0 Å². The van der Waals surface area contributed by atoms with Gasteiger partial charge >= 0.3 is 0 Å². The Labute approximate surface area is 124 Å². The van der Waals surface area contributed by atoms with Crippen LogP contribution in [-0.2, 0) is 14.8 Å². The Morgan fingerprint density at radius 3 is 2.00 bits per heavy atom. The van der Waals surface area contributed by atoms with Gasteiger partial charge in [0.05, 0.1) is 10.6 Å². The monoisotopic (exact) mass is 304 g/mol. The van der Waals surface area contributed by atoms with Crippen LogP contribution in [-0.4, -0.2) is 20.9 Å². The number of anilines is 1. The summed E-state index contributed by atoms with van der Waals surface area (Å²) in [4.78, 5) is 11.2. The molecule has 0 aliphatic rings. The Kier molecular flexibility index (Phi) is 4.59. The highest BCUT2D eigenvalue weighted by atomic mass is 32.2. The van der Waals surface area contributed by atoms with Crippen LogP contribution < -0.4 is 10.0 Å². The zero-order valence-electron chi connectivity index (χ0n) is 11.3. The number of benzene rings is 2. The van der Waals surface area contributed by atoms with Crippen LogP contribution in [0.2, 0.25) is 0 Å². The molecule has 2 N–H and O–H groups in total. The second-order valence-corrected chi connectivity index (χ2v) is 6.30. The molecule has 0 radical (unpaired) electrons. The van der Waals surface area contributed by atoms with Crippen molar-refractivity contribution in [3.05, 3.63) is 60.7 Å². The van der Waals surface area contributed by atoms with Crippen molar-refractivity contribution in [2.75, 3.05) is 10.8 Å². The fourth-order valence-corrected chi connectivity index (χ4v) is 3.40. The molecule has 2 aromatic carbocycles. The van der Waals surface area contributed by atoms with Gasteiger partial charge in [-0.1, -0.05) is 36.4 Å². The van der Waals surface area contributed by atoms with E-state index in [4.69, 9.17) is 5.73 Å². The molecule has 5 nitrogen and oxygen atoms in total. The molecular weight excluding hydrogens is 288 g/mol. The van der Waals surface area contributed by atoms with E-state index in [2.05, 4.69) is 0 Å². The van der Waals surface area contributed by atoms with Crippen molar-refractivity contribution < 1.29 is 13.2 Å². The highest BCUT2D eigenvalue weighted by Gasteiger charge is 2.24. The van der Waals surface area contributed by atoms with E-state index < -0.39 is 15.9 Å². The van der Waals surface area contributed by atoms with Crippen LogP contribution in [0.25, 0.3) is 0 Å². The minimum absolute atomic E-state index is 0.0105. The first-order chi connectivity index (χ1) is 10.0. The summed E-state index contributed by atoms with van der Waals surface area (Å²) in [5.41, 5.74) is 5.64. The number of nitrogens with two attached hydrogens (primary N) is 1. The number of para-hydroxylation sites is 1. The van der Waals surface area contributed by atoms with Crippen LogP contribution in [0.3, 0.4) is 0 Å². The summed E-state index contributed by atoms with van der Waals surface area (Å²) in [5, 5.41) is 0. The normalized spacial score (nSPS) is 11.0. The average Bonchev–Trinajstić information content (AvgIpc) is 2.49. The van der Waals surface area contributed by atoms with Gasteiger partial charge in [-0.15, -0.1) is 0 Å². The smallest absolute Gasteiger partial charge is 0.264 e. The Hall–Kier alpha value is -2.34. The lowest BCUT2D eigenvalue weighted by Gasteiger charge is -2.24. The fourth-order valence-electron chi connectivity index (χ4n) is 1.91. The van der Waals surface area contributed by atoms with Gasteiger partial charge in [-0.25, -0.2) is 8.42 Å². The topological polar surface area (TPSA) is 80.5 Å². The van der Waals surface area contributed by atoms with E-state index in [1.807, 2.05) is 0 Å². The van der Waals surface area contributed by atoms with Crippen LogP contribution in [0.5, 0.6) is 0 Å². The van der Waals surface area contributed by atoms with Crippen LogP contribution in [0, 0.1) is 0 Å². The van der Waals surface area contributed by atoms with Gasteiger partial charge in [0.15, 0.2) is 0 Å². The third kappa shape index (κ3) is 3.61. The van der Waals surface area contributed by atoms with Crippen LogP contribution in [0.15, 0.2) is 65.6 Å². The maximum atomic E-state index is 12.7. The van der Waals surface area contributed by atoms with Gasteiger partial charge in [-0.3, -0.25) is 9.10 Å². The maximum Gasteiger partial charge on any atom is 0.264 e. The van der Waals surface area contributed by atoms with Gasteiger partial charge in [-0.05, 0) is 24.3 Å². The van der Waals surface area contributed by atoms with Crippen molar-refractivity contribution >= 4 is 21.6 Å². The quantitative estimate of drug-likeness (QED) is 0.883. The molecule has 0 saturated heterocycles. The fraction of sp³-hybridized carbons (Fsp3) is 0.133. The van der Waals surface area contributed by atoms with Gasteiger partial charge in [0.2, 0.25) is 5.91 Å². The molecule has 0 fully saturated rings. The molecule has 0 unspecified atom stereocenters. The van der Waals surface area contributed by atoms with Crippen molar-refractivity contribution in [3.63, 3.8) is 0 Å². The molecule has 1 amide bonds. The number of hydrogen-bond acceptors (Lipinski definition) is 3. The molecule has 6 heteroatoms. The summed E-state index contributed by atoms with van der Waals surface area (Å²) in [6, 6.07) is 16.8. The van der Waals surface area contributed by atoms with Gasteiger partial charge in [0, 0.05) is 13.0 Å². The second-order valence-electron chi connectivity index (χ2n) is 4.44. The van der Waals surface area contributed by atoms with Gasteiger partial charge in [0.1, 0.15) is 0 Å². The lowest BCUT2D eigenvalue weighted by molar-refractivity contribution is -0.117. The third-order valence-corrected chi connectivity index (χ3v) is 4.78. The molecule has 21 heavy (non-hydrogen) atoms. The number of primary amides is 1. The summed E-state index contributed by atoms with van der Waals surface area (Å²) in [6.07, 6.45) is -0.0407. The molecule has 0 spiro atoms. The highest BCUT2D eigenvalue weighted by molar-refractivity contribution is 7.92. The Bertz CT molecular complexity index is 700. The SMILES string of the molecule is NC(=O)CCN(c1ccccc1)S(=O)(=O)c1ccccc1.